The number of hydrogen-bond donors (Lipinski definition) is 3. The summed E-state index contributed by atoms with van der Waals surface area (Å²) in [6.07, 6.45) is 3.16. The smallest absolute Gasteiger partial charge is 0.238 e. The zero-order valence-electron chi connectivity index (χ0n) is 17.6. The number of nitrogens with one attached hydrogen (secondary N) is 2. The van der Waals surface area contributed by atoms with Crippen molar-refractivity contribution in [3.05, 3.63) is 66.7 Å². The van der Waals surface area contributed by atoms with Crippen LogP contribution in [0, 0.1) is 5.82 Å². The topological polar surface area (TPSA) is 132 Å². The van der Waals surface area contributed by atoms with E-state index in [-0.39, 0.29) is 10.8 Å². The van der Waals surface area contributed by atoms with Crippen LogP contribution in [0.25, 0.3) is 22.0 Å². The Hall–Kier alpha value is -3.67. The molecule has 0 aliphatic carbocycles. The normalized spacial score (nSPS) is 11.5. The Labute approximate surface area is 189 Å². The highest BCUT2D eigenvalue weighted by Gasteiger charge is 2.12. The van der Waals surface area contributed by atoms with Crippen molar-refractivity contribution >= 4 is 38.4 Å². The molecule has 0 radical (unpaired) electrons. The van der Waals surface area contributed by atoms with E-state index in [4.69, 9.17) is 9.88 Å². The molecule has 2 aromatic heterocycles. The molecule has 9 nitrogen and oxygen atoms in total. The van der Waals surface area contributed by atoms with Crippen molar-refractivity contribution in [3.63, 3.8) is 0 Å². The SMILES string of the molecule is COCCNc1ccc(-c2cc(F)cc3cnc(Nc4ccc(S(N)(=O)=O)cc4)nc23)cn1. The van der Waals surface area contributed by atoms with Crippen molar-refractivity contribution in [1.82, 2.24) is 15.0 Å². The third kappa shape index (κ3) is 5.40. The molecular weight excluding hydrogens is 447 g/mol. The van der Waals surface area contributed by atoms with Crippen LogP contribution in [0.5, 0.6) is 0 Å². The Kier molecular flexibility index (Phi) is 6.45. The van der Waals surface area contributed by atoms with E-state index in [2.05, 4.69) is 25.6 Å². The number of ether oxygens (including phenoxy) is 1. The quantitative estimate of drug-likeness (QED) is 0.336. The number of methoxy groups -OCH3 is 1. The van der Waals surface area contributed by atoms with Gasteiger partial charge < -0.3 is 15.4 Å². The number of primary sulfonamides is 1. The Morgan fingerprint density at radius 1 is 1.06 bits per heavy atom. The lowest BCUT2D eigenvalue weighted by atomic mass is 10.0. The Morgan fingerprint density at radius 3 is 2.52 bits per heavy atom. The highest BCUT2D eigenvalue weighted by atomic mass is 32.2. The average Bonchev–Trinajstić information content (AvgIpc) is 2.79. The van der Waals surface area contributed by atoms with Crippen LogP contribution in [-0.2, 0) is 14.8 Å². The van der Waals surface area contributed by atoms with Crippen molar-refractivity contribution in [3.8, 4) is 11.1 Å². The molecule has 4 N–H and O–H groups in total. The van der Waals surface area contributed by atoms with Gasteiger partial charge in [0, 0.05) is 48.2 Å². The molecule has 33 heavy (non-hydrogen) atoms. The van der Waals surface area contributed by atoms with E-state index in [1.807, 2.05) is 6.07 Å². The lowest BCUT2D eigenvalue weighted by Crippen LogP contribution is -2.11. The number of fused-ring (bicyclic) bond motifs is 1. The van der Waals surface area contributed by atoms with Gasteiger partial charge in [-0.1, -0.05) is 0 Å². The molecule has 0 amide bonds. The summed E-state index contributed by atoms with van der Waals surface area (Å²) in [4.78, 5) is 13.2. The fourth-order valence-electron chi connectivity index (χ4n) is 3.19. The van der Waals surface area contributed by atoms with E-state index in [9.17, 15) is 12.8 Å². The van der Waals surface area contributed by atoms with Crippen LogP contribution < -0.4 is 15.8 Å². The predicted octanol–water partition coefficient (Wildman–Crippen LogP) is 3.28. The minimum atomic E-state index is -3.78. The lowest BCUT2D eigenvalue weighted by molar-refractivity contribution is 0.210. The first kappa shape index (κ1) is 22.5. The number of rotatable bonds is 8. The minimum absolute atomic E-state index is 0.00195. The van der Waals surface area contributed by atoms with Crippen LogP contribution in [0.3, 0.4) is 0 Å². The van der Waals surface area contributed by atoms with Crippen molar-refractivity contribution < 1.29 is 17.5 Å². The number of anilines is 3. The van der Waals surface area contributed by atoms with Gasteiger partial charge in [-0.15, -0.1) is 0 Å². The van der Waals surface area contributed by atoms with Gasteiger partial charge in [0.05, 0.1) is 17.0 Å². The fourth-order valence-corrected chi connectivity index (χ4v) is 3.70. The van der Waals surface area contributed by atoms with Gasteiger partial charge in [-0.05, 0) is 48.5 Å². The minimum Gasteiger partial charge on any atom is -0.383 e. The monoisotopic (exact) mass is 468 g/mol. The summed E-state index contributed by atoms with van der Waals surface area (Å²) in [5.41, 5.74) is 2.37. The van der Waals surface area contributed by atoms with E-state index in [1.165, 1.54) is 30.5 Å². The molecule has 0 saturated carbocycles. The van der Waals surface area contributed by atoms with E-state index in [0.29, 0.717) is 46.7 Å². The zero-order valence-corrected chi connectivity index (χ0v) is 18.4. The van der Waals surface area contributed by atoms with Crippen LogP contribution in [0.2, 0.25) is 0 Å². The molecular formula is C22H21FN6O3S. The number of nitrogens with zero attached hydrogens (tertiary/aromatic N) is 3. The molecule has 0 bridgehead atoms. The highest BCUT2D eigenvalue weighted by Crippen LogP contribution is 2.29. The summed E-state index contributed by atoms with van der Waals surface area (Å²) in [6, 6.07) is 12.3. The molecule has 4 rings (SSSR count). The molecule has 0 fully saturated rings. The number of halogens is 1. The van der Waals surface area contributed by atoms with Gasteiger partial charge in [-0.25, -0.2) is 32.9 Å². The van der Waals surface area contributed by atoms with Crippen LogP contribution in [0.1, 0.15) is 0 Å². The summed E-state index contributed by atoms with van der Waals surface area (Å²) in [5.74, 6) is 0.531. The number of hydrogen-bond acceptors (Lipinski definition) is 8. The van der Waals surface area contributed by atoms with Crippen molar-refractivity contribution in [2.75, 3.05) is 30.9 Å². The summed E-state index contributed by atoms with van der Waals surface area (Å²) < 4.78 is 42.1. The summed E-state index contributed by atoms with van der Waals surface area (Å²) in [5, 5.41) is 11.8. The molecule has 0 spiro atoms. The highest BCUT2D eigenvalue weighted by molar-refractivity contribution is 7.89. The summed E-state index contributed by atoms with van der Waals surface area (Å²) in [7, 11) is -2.16. The maximum atomic E-state index is 14.3. The fraction of sp³-hybridized carbons (Fsp3) is 0.136. The van der Waals surface area contributed by atoms with Gasteiger partial charge in [0.15, 0.2) is 0 Å². The lowest BCUT2D eigenvalue weighted by Gasteiger charge is -2.11. The van der Waals surface area contributed by atoms with Gasteiger partial charge >= 0.3 is 0 Å². The van der Waals surface area contributed by atoms with Crippen LogP contribution in [-0.4, -0.2) is 43.6 Å². The molecule has 2 aromatic carbocycles. The second-order valence-electron chi connectivity index (χ2n) is 7.13. The standard InChI is InChI=1S/C22H21FN6O3S/c1-32-9-8-25-20-7-2-14(12-26-20)19-11-16(23)10-15-13-27-22(29-21(15)19)28-17-3-5-18(6-4-17)33(24,30)31/h2-7,10-13H,8-9H2,1H3,(H,25,26)(H2,24,30,31)(H,27,28,29). The van der Waals surface area contributed by atoms with Gasteiger partial charge in [0.1, 0.15) is 11.6 Å². The van der Waals surface area contributed by atoms with E-state index in [0.717, 1.165) is 0 Å². The summed E-state index contributed by atoms with van der Waals surface area (Å²) in [6.45, 7) is 1.17. The van der Waals surface area contributed by atoms with E-state index >= 15 is 0 Å². The predicted molar refractivity (Wildman–Crippen MR) is 124 cm³/mol. The number of benzene rings is 2. The van der Waals surface area contributed by atoms with Gasteiger partial charge in [-0.3, -0.25) is 0 Å². The molecule has 170 valence electrons. The second kappa shape index (κ2) is 9.45. The van der Waals surface area contributed by atoms with Crippen molar-refractivity contribution in [2.24, 2.45) is 5.14 Å². The third-order valence-electron chi connectivity index (χ3n) is 4.77. The second-order valence-corrected chi connectivity index (χ2v) is 8.69. The number of pyridine rings is 1. The number of nitrogens with two attached hydrogens (primary N) is 1. The van der Waals surface area contributed by atoms with E-state index in [1.54, 1.807) is 31.5 Å². The summed E-state index contributed by atoms with van der Waals surface area (Å²) >= 11 is 0. The molecule has 2 heterocycles. The van der Waals surface area contributed by atoms with Crippen LogP contribution in [0.4, 0.5) is 21.8 Å². The molecule has 11 heteroatoms. The average molecular weight is 469 g/mol. The third-order valence-corrected chi connectivity index (χ3v) is 5.70. The molecule has 4 aromatic rings. The Morgan fingerprint density at radius 2 is 1.85 bits per heavy atom. The first-order valence-corrected chi connectivity index (χ1v) is 11.4. The zero-order chi connectivity index (χ0) is 23.4. The molecule has 0 aliphatic rings. The molecule has 0 aliphatic heterocycles. The molecule has 0 saturated heterocycles. The Bertz CT molecular complexity index is 1380. The van der Waals surface area contributed by atoms with Crippen molar-refractivity contribution in [2.45, 2.75) is 4.90 Å². The largest absolute Gasteiger partial charge is 0.383 e. The molecule has 0 unspecified atom stereocenters. The van der Waals surface area contributed by atoms with Gasteiger partial charge in [-0.2, -0.15) is 0 Å². The number of sulfonamides is 1. The van der Waals surface area contributed by atoms with Gasteiger partial charge in [0.2, 0.25) is 16.0 Å². The van der Waals surface area contributed by atoms with Crippen LogP contribution >= 0.6 is 0 Å². The maximum absolute atomic E-state index is 14.3. The first-order chi connectivity index (χ1) is 15.8. The first-order valence-electron chi connectivity index (χ1n) is 9.89. The van der Waals surface area contributed by atoms with Gasteiger partial charge in [0.25, 0.3) is 0 Å². The van der Waals surface area contributed by atoms with Crippen LogP contribution in [0.15, 0.2) is 65.8 Å². The maximum Gasteiger partial charge on any atom is 0.238 e. The number of aromatic nitrogens is 3. The van der Waals surface area contributed by atoms with Crippen molar-refractivity contribution in [1.29, 1.82) is 0 Å². The van der Waals surface area contributed by atoms with E-state index < -0.39 is 15.8 Å². The molecule has 0 atom stereocenters. The Balaban J connectivity index is 1.64.